The van der Waals surface area contributed by atoms with Gasteiger partial charge in [-0.05, 0) is 24.5 Å². The number of fused-ring (bicyclic) bond motifs is 1. The number of para-hydroxylation sites is 1. The van der Waals surface area contributed by atoms with Crippen LogP contribution in [0.5, 0.6) is 0 Å². The standard InChI is InChI=1S/C13H16N4S/c1-17-9-15-16-13(17)18-11-7-6-10-4-2-3-5-12(10)14-8-11/h2-5,9,11,14H,6-8H2,1H3. The molecule has 0 bridgehead atoms. The first-order chi connectivity index (χ1) is 8.83. The summed E-state index contributed by atoms with van der Waals surface area (Å²) in [7, 11) is 1.99. The molecule has 1 atom stereocenters. The summed E-state index contributed by atoms with van der Waals surface area (Å²) < 4.78 is 1.97. The minimum Gasteiger partial charge on any atom is -0.384 e. The number of hydrogen-bond donors (Lipinski definition) is 1. The number of nitrogens with zero attached hydrogens (tertiary/aromatic N) is 3. The Morgan fingerprint density at radius 3 is 3.11 bits per heavy atom. The summed E-state index contributed by atoms with van der Waals surface area (Å²) in [4.78, 5) is 0. The van der Waals surface area contributed by atoms with E-state index in [1.165, 1.54) is 17.7 Å². The molecule has 2 heterocycles. The third-order valence-electron chi connectivity index (χ3n) is 3.22. The van der Waals surface area contributed by atoms with Gasteiger partial charge in [0.05, 0.1) is 0 Å². The molecule has 1 aromatic heterocycles. The summed E-state index contributed by atoms with van der Waals surface area (Å²) in [5, 5.41) is 13.1. The minimum absolute atomic E-state index is 0.542. The zero-order valence-electron chi connectivity index (χ0n) is 10.3. The van der Waals surface area contributed by atoms with Crippen LogP contribution >= 0.6 is 11.8 Å². The highest BCUT2D eigenvalue weighted by molar-refractivity contribution is 7.99. The van der Waals surface area contributed by atoms with Crippen LogP contribution in [0.2, 0.25) is 0 Å². The van der Waals surface area contributed by atoms with E-state index in [1.807, 2.05) is 23.4 Å². The van der Waals surface area contributed by atoms with E-state index in [9.17, 15) is 0 Å². The van der Waals surface area contributed by atoms with Gasteiger partial charge >= 0.3 is 0 Å². The van der Waals surface area contributed by atoms with E-state index in [2.05, 4.69) is 39.8 Å². The van der Waals surface area contributed by atoms with Crippen LogP contribution in [0.3, 0.4) is 0 Å². The van der Waals surface area contributed by atoms with Crippen LogP contribution in [-0.2, 0) is 13.5 Å². The number of hydrogen-bond acceptors (Lipinski definition) is 4. The Labute approximate surface area is 111 Å². The summed E-state index contributed by atoms with van der Waals surface area (Å²) in [5.74, 6) is 0. The molecule has 3 rings (SSSR count). The van der Waals surface area contributed by atoms with Crippen molar-refractivity contribution in [1.29, 1.82) is 0 Å². The summed E-state index contributed by atoms with van der Waals surface area (Å²) in [6, 6.07) is 8.56. The molecule has 0 fully saturated rings. The highest BCUT2D eigenvalue weighted by atomic mass is 32.2. The molecule has 1 N–H and O–H groups in total. The van der Waals surface area contributed by atoms with Crippen molar-refractivity contribution in [2.24, 2.45) is 7.05 Å². The molecule has 0 aliphatic carbocycles. The van der Waals surface area contributed by atoms with Gasteiger partial charge in [0.25, 0.3) is 0 Å². The van der Waals surface area contributed by atoms with Crippen molar-refractivity contribution in [2.45, 2.75) is 23.2 Å². The topological polar surface area (TPSA) is 42.7 Å². The Bertz CT molecular complexity index is 510. The first kappa shape index (κ1) is 11.6. The molecule has 0 amide bonds. The Hall–Kier alpha value is -1.49. The summed E-state index contributed by atoms with van der Waals surface area (Å²) in [5.41, 5.74) is 2.69. The van der Waals surface area contributed by atoms with Crippen molar-refractivity contribution in [3.8, 4) is 0 Å². The van der Waals surface area contributed by atoms with E-state index in [1.54, 1.807) is 6.33 Å². The number of nitrogens with one attached hydrogen (secondary N) is 1. The zero-order valence-corrected chi connectivity index (χ0v) is 11.2. The van der Waals surface area contributed by atoms with Gasteiger partial charge in [0.1, 0.15) is 6.33 Å². The van der Waals surface area contributed by atoms with E-state index in [0.717, 1.165) is 18.1 Å². The van der Waals surface area contributed by atoms with Gasteiger partial charge in [0.2, 0.25) is 0 Å². The number of benzene rings is 1. The second-order valence-electron chi connectivity index (χ2n) is 4.54. The van der Waals surface area contributed by atoms with E-state index < -0.39 is 0 Å². The molecule has 1 aromatic carbocycles. The average Bonchev–Trinajstić information content (AvgIpc) is 2.68. The zero-order chi connectivity index (χ0) is 12.4. The van der Waals surface area contributed by atoms with Crippen molar-refractivity contribution < 1.29 is 0 Å². The van der Waals surface area contributed by atoms with Crippen LogP contribution in [0, 0.1) is 0 Å². The summed E-state index contributed by atoms with van der Waals surface area (Å²) in [6.07, 6.45) is 4.04. The number of rotatable bonds is 2. The first-order valence-electron chi connectivity index (χ1n) is 6.15. The third kappa shape index (κ3) is 2.36. The molecular formula is C13H16N4S. The molecule has 94 valence electrons. The molecule has 0 spiro atoms. The second-order valence-corrected chi connectivity index (χ2v) is 5.81. The highest BCUT2D eigenvalue weighted by Crippen LogP contribution is 2.29. The van der Waals surface area contributed by atoms with Gasteiger partial charge < -0.3 is 9.88 Å². The second kappa shape index (κ2) is 5.02. The molecule has 1 aliphatic rings. The fraction of sp³-hybridized carbons (Fsp3) is 0.385. The fourth-order valence-electron chi connectivity index (χ4n) is 2.18. The Balaban J connectivity index is 1.70. The molecule has 18 heavy (non-hydrogen) atoms. The molecule has 0 radical (unpaired) electrons. The van der Waals surface area contributed by atoms with Crippen molar-refractivity contribution in [1.82, 2.24) is 14.8 Å². The molecule has 0 saturated carbocycles. The van der Waals surface area contributed by atoms with Crippen LogP contribution in [-0.4, -0.2) is 26.6 Å². The molecule has 0 saturated heterocycles. The monoisotopic (exact) mass is 260 g/mol. The van der Waals surface area contributed by atoms with Crippen LogP contribution in [0.4, 0.5) is 5.69 Å². The van der Waals surface area contributed by atoms with E-state index in [0.29, 0.717) is 5.25 Å². The van der Waals surface area contributed by atoms with Crippen LogP contribution in [0.1, 0.15) is 12.0 Å². The first-order valence-corrected chi connectivity index (χ1v) is 7.03. The third-order valence-corrected chi connectivity index (χ3v) is 4.53. The number of thioether (sulfide) groups is 1. The van der Waals surface area contributed by atoms with Crippen LogP contribution < -0.4 is 5.32 Å². The van der Waals surface area contributed by atoms with Crippen molar-refractivity contribution in [3.05, 3.63) is 36.2 Å². The van der Waals surface area contributed by atoms with Crippen molar-refractivity contribution in [3.63, 3.8) is 0 Å². The quantitative estimate of drug-likeness (QED) is 0.900. The largest absolute Gasteiger partial charge is 0.384 e. The normalized spacial score (nSPS) is 18.8. The van der Waals surface area contributed by atoms with Crippen molar-refractivity contribution in [2.75, 3.05) is 11.9 Å². The van der Waals surface area contributed by atoms with Crippen LogP contribution in [0.25, 0.3) is 0 Å². The van der Waals surface area contributed by atoms with Gasteiger partial charge in [-0.2, -0.15) is 0 Å². The molecule has 1 unspecified atom stereocenters. The smallest absolute Gasteiger partial charge is 0.191 e. The van der Waals surface area contributed by atoms with E-state index in [4.69, 9.17) is 0 Å². The molecule has 5 heteroatoms. The summed E-state index contributed by atoms with van der Waals surface area (Å²) in [6.45, 7) is 0.981. The maximum Gasteiger partial charge on any atom is 0.191 e. The minimum atomic E-state index is 0.542. The van der Waals surface area contributed by atoms with Gasteiger partial charge in [-0.15, -0.1) is 10.2 Å². The fourth-order valence-corrected chi connectivity index (χ4v) is 3.19. The Kier molecular flexibility index (Phi) is 3.23. The lowest BCUT2D eigenvalue weighted by atomic mass is 10.1. The maximum absolute atomic E-state index is 4.14. The van der Waals surface area contributed by atoms with Gasteiger partial charge in [-0.3, -0.25) is 0 Å². The predicted octanol–water partition coefficient (Wildman–Crippen LogP) is 2.33. The van der Waals surface area contributed by atoms with E-state index in [-0.39, 0.29) is 0 Å². The van der Waals surface area contributed by atoms with Crippen LogP contribution in [0.15, 0.2) is 35.7 Å². The number of aromatic nitrogens is 3. The van der Waals surface area contributed by atoms with E-state index >= 15 is 0 Å². The maximum atomic E-state index is 4.14. The van der Waals surface area contributed by atoms with Crippen molar-refractivity contribution >= 4 is 17.4 Å². The molecular weight excluding hydrogens is 244 g/mol. The molecule has 1 aliphatic heterocycles. The lowest BCUT2D eigenvalue weighted by molar-refractivity contribution is 0.762. The van der Waals surface area contributed by atoms with Gasteiger partial charge in [0, 0.05) is 24.5 Å². The predicted molar refractivity (Wildman–Crippen MR) is 73.9 cm³/mol. The van der Waals surface area contributed by atoms with Gasteiger partial charge in [-0.25, -0.2) is 0 Å². The summed E-state index contributed by atoms with van der Waals surface area (Å²) >= 11 is 1.81. The van der Waals surface area contributed by atoms with Gasteiger partial charge in [0.15, 0.2) is 5.16 Å². The number of anilines is 1. The lowest BCUT2D eigenvalue weighted by Crippen LogP contribution is -2.15. The molecule has 4 nitrogen and oxygen atoms in total. The Morgan fingerprint density at radius 2 is 2.28 bits per heavy atom. The average molecular weight is 260 g/mol. The SMILES string of the molecule is Cn1cnnc1SC1CCc2ccccc2NC1. The number of aryl methyl sites for hydroxylation is 2. The lowest BCUT2D eigenvalue weighted by Gasteiger charge is -2.13. The Morgan fingerprint density at radius 1 is 1.39 bits per heavy atom. The molecule has 2 aromatic rings. The highest BCUT2D eigenvalue weighted by Gasteiger charge is 2.18. The van der Waals surface area contributed by atoms with Gasteiger partial charge in [-0.1, -0.05) is 30.0 Å².